The van der Waals surface area contributed by atoms with Gasteiger partial charge in [0.25, 0.3) is 0 Å². The van der Waals surface area contributed by atoms with Crippen molar-refractivity contribution in [3.05, 3.63) is 88.8 Å². The number of anilines is 1. The molecule has 0 unspecified atom stereocenters. The number of thiophene rings is 1. The molecule has 0 aliphatic carbocycles. The topological polar surface area (TPSA) is 102 Å². The Kier molecular flexibility index (Phi) is 8.45. The van der Waals surface area contributed by atoms with E-state index in [1.54, 1.807) is 43.3 Å². The second kappa shape index (κ2) is 11.8. The maximum atomic E-state index is 13.6. The summed E-state index contributed by atoms with van der Waals surface area (Å²) in [4.78, 5) is 25.5. The summed E-state index contributed by atoms with van der Waals surface area (Å²) in [5, 5.41) is 3.57. The molecule has 10 heteroatoms. The number of rotatable bonds is 10. The van der Waals surface area contributed by atoms with E-state index in [2.05, 4.69) is 5.32 Å². The second-order valence-corrected chi connectivity index (χ2v) is 11.6. The van der Waals surface area contributed by atoms with Crippen LogP contribution in [0.15, 0.2) is 77.7 Å². The Morgan fingerprint density at radius 3 is 2.42 bits per heavy atom. The number of hydrogen-bond donors (Lipinski definition) is 1. The molecule has 1 aromatic heterocycles. The van der Waals surface area contributed by atoms with Gasteiger partial charge in [-0.3, -0.25) is 4.79 Å². The van der Waals surface area contributed by atoms with Gasteiger partial charge in [0.05, 0.1) is 25.7 Å². The van der Waals surface area contributed by atoms with Crippen molar-refractivity contribution in [2.24, 2.45) is 0 Å². The number of ether oxygens (including phenoxy) is 2. The van der Waals surface area contributed by atoms with Crippen molar-refractivity contribution < 1.29 is 27.5 Å². The maximum Gasteiger partial charge on any atom is 0.348 e. The molecule has 0 atom stereocenters. The third-order valence-corrected chi connectivity index (χ3v) is 8.94. The number of amides is 1. The average molecular weight is 553 g/mol. The molecule has 4 rings (SSSR count). The minimum absolute atomic E-state index is 0.0895. The van der Waals surface area contributed by atoms with Gasteiger partial charge in [-0.1, -0.05) is 30.3 Å². The summed E-state index contributed by atoms with van der Waals surface area (Å²) in [7, 11) is -1.14. The fourth-order valence-electron chi connectivity index (χ4n) is 4.03. The minimum atomic E-state index is -3.98. The summed E-state index contributed by atoms with van der Waals surface area (Å²) >= 11 is 1.29. The van der Waals surface area contributed by atoms with Gasteiger partial charge in [0.2, 0.25) is 15.9 Å². The molecule has 0 spiro atoms. The molecule has 4 aromatic rings. The standard InChI is InChI=1S/C28H28N2O6S2/c1-19-15-23(10-11-24(19)35-2)38(33,34)30(14-13-20-7-5-4-6-8-20)18-27(31)29-22-9-12-25-21(16-22)17-26(37-25)28(32)36-3/h4-12,15-17H,13-14,18H2,1-3H3,(H,29,31). The van der Waals surface area contributed by atoms with Crippen LogP contribution >= 0.6 is 11.3 Å². The summed E-state index contributed by atoms with van der Waals surface area (Å²) in [6.45, 7) is 1.53. The number of nitrogens with zero attached hydrogens (tertiary/aromatic N) is 1. The molecule has 0 aliphatic rings. The van der Waals surface area contributed by atoms with Gasteiger partial charge in [-0.15, -0.1) is 11.3 Å². The second-order valence-electron chi connectivity index (χ2n) is 8.61. The van der Waals surface area contributed by atoms with Crippen molar-refractivity contribution in [2.75, 3.05) is 32.6 Å². The van der Waals surface area contributed by atoms with Crippen LogP contribution in [0.2, 0.25) is 0 Å². The van der Waals surface area contributed by atoms with Crippen molar-refractivity contribution in [2.45, 2.75) is 18.2 Å². The van der Waals surface area contributed by atoms with Crippen LogP contribution in [-0.2, 0) is 26.0 Å². The fourth-order valence-corrected chi connectivity index (χ4v) is 6.47. The number of benzene rings is 3. The monoisotopic (exact) mass is 552 g/mol. The van der Waals surface area contributed by atoms with Gasteiger partial charge in [0, 0.05) is 16.9 Å². The number of aryl methyl sites for hydroxylation is 1. The van der Waals surface area contributed by atoms with E-state index in [1.165, 1.54) is 35.9 Å². The normalized spacial score (nSPS) is 11.5. The zero-order chi connectivity index (χ0) is 27.3. The van der Waals surface area contributed by atoms with Crippen LogP contribution in [0.4, 0.5) is 5.69 Å². The first-order valence-electron chi connectivity index (χ1n) is 11.8. The van der Waals surface area contributed by atoms with Crippen molar-refractivity contribution in [3.63, 3.8) is 0 Å². The third-order valence-electron chi connectivity index (χ3n) is 6.00. The number of esters is 1. The Bertz CT molecular complexity index is 1570. The van der Waals surface area contributed by atoms with E-state index in [-0.39, 0.29) is 18.0 Å². The summed E-state index contributed by atoms with van der Waals surface area (Å²) in [6.07, 6.45) is 0.444. The lowest BCUT2D eigenvalue weighted by Gasteiger charge is -2.22. The molecular weight excluding hydrogens is 524 g/mol. The molecule has 198 valence electrons. The predicted octanol–water partition coefficient (Wildman–Crippen LogP) is 4.88. The number of fused-ring (bicyclic) bond motifs is 1. The highest BCUT2D eigenvalue weighted by Crippen LogP contribution is 2.29. The van der Waals surface area contributed by atoms with Gasteiger partial charge in [-0.05, 0) is 72.3 Å². The van der Waals surface area contributed by atoms with Gasteiger partial charge in [-0.25, -0.2) is 13.2 Å². The molecule has 0 bridgehead atoms. The Morgan fingerprint density at radius 1 is 0.974 bits per heavy atom. The van der Waals surface area contributed by atoms with Crippen LogP contribution in [-0.4, -0.2) is 51.9 Å². The molecule has 0 saturated heterocycles. The van der Waals surface area contributed by atoms with Crippen molar-refractivity contribution in [3.8, 4) is 5.75 Å². The average Bonchev–Trinajstić information content (AvgIpc) is 3.34. The zero-order valence-electron chi connectivity index (χ0n) is 21.3. The van der Waals surface area contributed by atoms with Gasteiger partial charge in [0.1, 0.15) is 10.6 Å². The molecule has 0 radical (unpaired) electrons. The van der Waals surface area contributed by atoms with E-state index >= 15 is 0 Å². The Morgan fingerprint density at radius 2 is 1.74 bits per heavy atom. The molecule has 0 aliphatic heterocycles. The zero-order valence-corrected chi connectivity index (χ0v) is 22.9. The van der Waals surface area contributed by atoms with Crippen molar-refractivity contribution in [1.82, 2.24) is 4.31 Å². The quantitative estimate of drug-likeness (QED) is 0.282. The van der Waals surface area contributed by atoms with Crippen molar-refractivity contribution >= 4 is 49.0 Å². The van der Waals surface area contributed by atoms with E-state index in [0.29, 0.717) is 28.3 Å². The highest BCUT2D eigenvalue weighted by atomic mass is 32.2. The number of sulfonamides is 1. The van der Waals surface area contributed by atoms with E-state index in [9.17, 15) is 18.0 Å². The number of carbonyl (C=O) groups excluding carboxylic acids is 2. The van der Waals surface area contributed by atoms with Crippen molar-refractivity contribution in [1.29, 1.82) is 0 Å². The summed E-state index contributed by atoms with van der Waals surface area (Å²) in [5.41, 5.74) is 2.14. The summed E-state index contributed by atoms with van der Waals surface area (Å²) in [5.74, 6) is -0.323. The van der Waals surface area contributed by atoms with Crippen LogP contribution < -0.4 is 10.1 Å². The lowest BCUT2D eigenvalue weighted by atomic mass is 10.1. The van der Waals surface area contributed by atoms with Crippen LogP contribution in [0.25, 0.3) is 10.1 Å². The first kappa shape index (κ1) is 27.3. The Labute approximate surface area is 225 Å². The molecule has 3 aromatic carbocycles. The predicted molar refractivity (Wildman–Crippen MR) is 148 cm³/mol. The molecule has 1 heterocycles. The molecule has 1 amide bonds. The molecule has 1 N–H and O–H groups in total. The van der Waals surface area contributed by atoms with Gasteiger partial charge < -0.3 is 14.8 Å². The smallest absolute Gasteiger partial charge is 0.348 e. The van der Waals surface area contributed by atoms with Gasteiger partial charge >= 0.3 is 5.97 Å². The van der Waals surface area contributed by atoms with E-state index in [0.717, 1.165) is 15.6 Å². The maximum absolute atomic E-state index is 13.6. The number of nitrogens with one attached hydrogen (secondary N) is 1. The SMILES string of the molecule is COC(=O)c1cc2cc(NC(=O)CN(CCc3ccccc3)S(=O)(=O)c3ccc(OC)c(C)c3)ccc2s1. The van der Waals surface area contributed by atoms with Crippen LogP contribution in [0.5, 0.6) is 5.75 Å². The Hall–Kier alpha value is -3.73. The third kappa shape index (κ3) is 6.21. The summed E-state index contributed by atoms with van der Waals surface area (Å²) < 4.78 is 39.4. The molecule has 8 nitrogen and oxygen atoms in total. The number of hydrogen-bond acceptors (Lipinski definition) is 7. The number of carbonyl (C=O) groups is 2. The summed E-state index contributed by atoms with van der Waals surface area (Å²) in [6, 6.07) is 21.1. The lowest BCUT2D eigenvalue weighted by molar-refractivity contribution is -0.116. The van der Waals surface area contributed by atoms with E-state index in [1.807, 2.05) is 30.3 Å². The van der Waals surface area contributed by atoms with Crippen LogP contribution in [0, 0.1) is 6.92 Å². The van der Waals surface area contributed by atoms with Gasteiger partial charge in [0.15, 0.2) is 0 Å². The highest BCUT2D eigenvalue weighted by Gasteiger charge is 2.27. The first-order chi connectivity index (χ1) is 18.2. The van der Waals surface area contributed by atoms with Crippen LogP contribution in [0.1, 0.15) is 20.8 Å². The molecule has 38 heavy (non-hydrogen) atoms. The minimum Gasteiger partial charge on any atom is -0.496 e. The molecular formula is C28H28N2O6S2. The van der Waals surface area contributed by atoms with Crippen LogP contribution in [0.3, 0.4) is 0 Å². The first-order valence-corrected chi connectivity index (χ1v) is 14.1. The molecule has 0 saturated carbocycles. The van der Waals surface area contributed by atoms with E-state index < -0.39 is 21.9 Å². The van der Waals surface area contributed by atoms with E-state index in [4.69, 9.17) is 9.47 Å². The molecule has 0 fully saturated rings. The largest absolute Gasteiger partial charge is 0.496 e. The highest BCUT2D eigenvalue weighted by molar-refractivity contribution is 7.89. The lowest BCUT2D eigenvalue weighted by Crippen LogP contribution is -2.39. The van der Waals surface area contributed by atoms with Gasteiger partial charge in [-0.2, -0.15) is 4.31 Å². The number of methoxy groups -OCH3 is 2. The Balaban J connectivity index is 1.56. The fraction of sp³-hybridized carbons (Fsp3) is 0.214.